The zero-order valence-corrected chi connectivity index (χ0v) is 15.2. The van der Waals surface area contributed by atoms with E-state index in [0.717, 1.165) is 5.56 Å². The highest BCUT2D eigenvalue weighted by atomic mass is 32.2. The molecule has 8 nitrogen and oxygen atoms in total. The molecule has 1 aliphatic heterocycles. The normalized spacial score (nSPS) is 17.3. The van der Waals surface area contributed by atoms with Gasteiger partial charge in [-0.3, -0.25) is 9.20 Å². The van der Waals surface area contributed by atoms with Crippen LogP contribution in [0.1, 0.15) is 22.3 Å². The average Bonchev–Trinajstić information content (AvgIpc) is 3.37. The first-order chi connectivity index (χ1) is 13.0. The number of ether oxygens (including phenoxy) is 1. The largest absolute Gasteiger partial charge is 0.380 e. The van der Waals surface area contributed by atoms with E-state index in [4.69, 9.17) is 4.74 Å². The molecular formula is C18H18N4O4S. The maximum Gasteiger partial charge on any atom is 0.254 e. The minimum Gasteiger partial charge on any atom is -0.380 e. The molecule has 0 aliphatic carbocycles. The van der Waals surface area contributed by atoms with Crippen molar-refractivity contribution in [2.45, 2.75) is 23.1 Å². The summed E-state index contributed by atoms with van der Waals surface area (Å²) in [5.41, 5.74) is 1.22. The molecule has 0 unspecified atom stereocenters. The fourth-order valence-electron chi connectivity index (χ4n) is 2.97. The van der Waals surface area contributed by atoms with Crippen LogP contribution in [0.5, 0.6) is 0 Å². The fourth-order valence-corrected chi connectivity index (χ4v) is 4.55. The summed E-state index contributed by atoms with van der Waals surface area (Å²) in [6.07, 6.45) is 6.97. The van der Waals surface area contributed by atoms with Crippen LogP contribution in [0.3, 0.4) is 0 Å². The Labute approximate surface area is 156 Å². The lowest BCUT2D eigenvalue weighted by Crippen LogP contribution is -2.23. The summed E-state index contributed by atoms with van der Waals surface area (Å²) in [5, 5.41) is 2.33. The predicted molar refractivity (Wildman–Crippen MR) is 97.0 cm³/mol. The third-order valence-corrected chi connectivity index (χ3v) is 6.72. The van der Waals surface area contributed by atoms with Gasteiger partial charge in [0, 0.05) is 37.9 Å². The van der Waals surface area contributed by atoms with Crippen LogP contribution in [-0.2, 0) is 21.1 Å². The molecule has 9 heteroatoms. The maximum atomic E-state index is 12.5. The number of hydrogen-bond acceptors (Lipinski definition) is 6. The molecule has 1 amide bonds. The number of amides is 1. The van der Waals surface area contributed by atoms with Crippen molar-refractivity contribution >= 4 is 21.5 Å². The third kappa shape index (κ3) is 3.56. The van der Waals surface area contributed by atoms with Gasteiger partial charge >= 0.3 is 0 Å². The first kappa shape index (κ1) is 17.6. The molecule has 4 rings (SSSR count). The summed E-state index contributed by atoms with van der Waals surface area (Å²) in [5.74, 6) is 0.258. The van der Waals surface area contributed by atoms with Crippen molar-refractivity contribution in [1.29, 1.82) is 0 Å². The van der Waals surface area contributed by atoms with Gasteiger partial charge in [-0.05, 0) is 24.1 Å². The number of sulfone groups is 1. The third-order valence-electron chi connectivity index (χ3n) is 4.54. The van der Waals surface area contributed by atoms with Crippen molar-refractivity contribution in [1.82, 2.24) is 19.7 Å². The lowest BCUT2D eigenvalue weighted by Gasteiger charge is -2.11. The number of aromatic nitrogens is 3. The standard InChI is InChI=1S/C18H18N4O4S/c23-17(14-10-21-18-19-6-7-22(18)11-14)20-9-13-1-3-15(4-2-13)27(24,25)16-5-8-26-12-16/h1-4,6-7,10-11,16H,5,8-9,12H2,(H,20,23)/t16-/m0/s1. The SMILES string of the molecule is O=C(NCc1ccc(S(=O)(=O)[C@H]2CCOC2)cc1)c1cnc2nccn2c1. The summed E-state index contributed by atoms with van der Waals surface area (Å²) in [7, 11) is -3.37. The van der Waals surface area contributed by atoms with Crippen LogP contribution >= 0.6 is 0 Å². The topological polar surface area (TPSA) is 103 Å². The molecule has 0 saturated carbocycles. The molecule has 3 heterocycles. The van der Waals surface area contributed by atoms with E-state index >= 15 is 0 Å². The summed E-state index contributed by atoms with van der Waals surface area (Å²) >= 11 is 0. The van der Waals surface area contributed by atoms with E-state index in [0.29, 0.717) is 24.4 Å². The predicted octanol–water partition coefficient (Wildman–Crippen LogP) is 1.22. The molecule has 0 bridgehead atoms. The number of rotatable bonds is 5. The van der Waals surface area contributed by atoms with E-state index in [1.54, 1.807) is 47.3 Å². The van der Waals surface area contributed by atoms with Gasteiger partial charge in [0.1, 0.15) is 0 Å². The highest BCUT2D eigenvalue weighted by Gasteiger charge is 2.30. The van der Waals surface area contributed by atoms with E-state index in [1.165, 1.54) is 6.20 Å². The van der Waals surface area contributed by atoms with Crippen LogP contribution in [-0.4, -0.2) is 47.2 Å². The summed E-state index contributed by atoms with van der Waals surface area (Å²) in [4.78, 5) is 20.7. The van der Waals surface area contributed by atoms with Crippen LogP contribution in [0.15, 0.2) is 53.9 Å². The Bertz CT molecular complexity index is 1070. The number of carbonyl (C=O) groups is 1. The second kappa shape index (κ2) is 7.09. The Morgan fingerprint density at radius 3 is 2.81 bits per heavy atom. The van der Waals surface area contributed by atoms with Gasteiger partial charge in [0.2, 0.25) is 5.78 Å². The van der Waals surface area contributed by atoms with Crippen LogP contribution in [0, 0.1) is 0 Å². The monoisotopic (exact) mass is 386 g/mol. The van der Waals surface area contributed by atoms with Crippen molar-refractivity contribution in [2.75, 3.05) is 13.2 Å². The van der Waals surface area contributed by atoms with Gasteiger partial charge in [-0.25, -0.2) is 18.4 Å². The van der Waals surface area contributed by atoms with Crippen LogP contribution in [0.2, 0.25) is 0 Å². The van der Waals surface area contributed by atoms with E-state index in [9.17, 15) is 13.2 Å². The lowest BCUT2D eigenvalue weighted by atomic mass is 10.2. The molecule has 1 N–H and O–H groups in total. The van der Waals surface area contributed by atoms with E-state index in [1.807, 2.05) is 0 Å². The molecule has 1 atom stereocenters. The van der Waals surface area contributed by atoms with Gasteiger partial charge in [0.15, 0.2) is 9.84 Å². The van der Waals surface area contributed by atoms with E-state index in [-0.39, 0.29) is 24.0 Å². The first-order valence-electron chi connectivity index (χ1n) is 8.51. The van der Waals surface area contributed by atoms with Gasteiger partial charge in [0.25, 0.3) is 5.91 Å². The zero-order chi connectivity index (χ0) is 18.9. The van der Waals surface area contributed by atoms with Gasteiger partial charge in [-0.1, -0.05) is 12.1 Å². The Hall–Kier alpha value is -2.78. The quantitative estimate of drug-likeness (QED) is 0.707. The van der Waals surface area contributed by atoms with Crippen LogP contribution in [0.25, 0.3) is 5.78 Å². The number of carbonyl (C=O) groups excluding carboxylic acids is 1. The van der Waals surface area contributed by atoms with Crippen molar-refractivity contribution in [3.05, 3.63) is 60.2 Å². The van der Waals surface area contributed by atoms with Crippen LogP contribution in [0.4, 0.5) is 0 Å². The Kier molecular flexibility index (Phi) is 4.63. The van der Waals surface area contributed by atoms with Crippen LogP contribution < -0.4 is 5.32 Å². The lowest BCUT2D eigenvalue weighted by molar-refractivity contribution is 0.0950. The summed E-state index contributed by atoms with van der Waals surface area (Å²) in [6, 6.07) is 6.57. The minimum atomic E-state index is -3.37. The Morgan fingerprint density at radius 2 is 2.07 bits per heavy atom. The molecule has 27 heavy (non-hydrogen) atoms. The van der Waals surface area contributed by atoms with Crippen molar-refractivity contribution < 1.29 is 17.9 Å². The number of nitrogens with zero attached hydrogens (tertiary/aromatic N) is 3. The van der Waals surface area contributed by atoms with Gasteiger partial charge in [-0.15, -0.1) is 0 Å². The minimum absolute atomic E-state index is 0.245. The zero-order valence-electron chi connectivity index (χ0n) is 14.4. The second-order valence-corrected chi connectivity index (χ2v) is 8.56. The van der Waals surface area contributed by atoms with Gasteiger partial charge in [-0.2, -0.15) is 0 Å². The fraction of sp³-hybridized carbons (Fsp3) is 0.278. The summed E-state index contributed by atoms with van der Waals surface area (Å²) in [6.45, 7) is 1.01. The van der Waals surface area contributed by atoms with Crippen molar-refractivity contribution in [3.63, 3.8) is 0 Å². The number of benzene rings is 1. The molecule has 2 aromatic heterocycles. The molecule has 0 radical (unpaired) electrons. The van der Waals surface area contributed by atoms with Gasteiger partial charge < -0.3 is 10.1 Å². The first-order valence-corrected chi connectivity index (χ1v) is 10.1. The number of fused-ring (bicyclic) bond motifs is 1. The molecule has 1 fully saturated rings. The molecule has 140 valence electrons. The van der Waals surface area contributed by atoms with E-state index in [2.05, 4.69) is 15.3 Å². The maximum absolute atomic E-state index is 12.5. The Morgan fingerprint density at radius 1 is 1.26 bits per heavy atom. The second-order valence-electron chi connectivity index (χ2n) is 6.33. The smallest absolute Gasteiger partial charge is 0.254 e. The highest BCUT2D eigenvalue weighted by molar-refractivity contribution is 7.92. The van der Waals surface area contributed by atoms with Gasteiger partial charge in [0.05, 0.1) is 22.3 Å². The molecule has 3 aromatic rings. The molecular weight excluding hydrogens is 368 g/mol. The van der Waals surface area contributed by atoms with Crippen molar-refractivity contribution in [2.24, 2.45) is 0 Å². The molecule has 0 spiro atoms. The summed E-state index contributed by atoms with van der Waals surface area (Å²) < 4.78 is 31.9. The number of nitrogens with one attached hydrogen (secondary N) is 1. The number of imidazole rings is 1. The molecule has 1 aliphatic rings. The average molecular weight is 386 g/mol. The highest BCUT2D eigenvalue weighted by Crippen LogP contribution is 2.22. The van der Waals surface area contributed by atoms with E-state index < -0.39 is 15.1 Å². The Balaban J connectivity index is 1.41. The molecule has 1 aromatic carbocycles. The van der Waals surface area contributed by atoms with Crippen molar-refractivity contribution in [3.8, 4) is 0 Å². The number of hydrogen-bond donors (Lipinski definition) is 1. The molecule has 1 saturated heterocycles.